The van der Waals surface area contributed by atoms with E-state index in [1.165, 1.54) is 64.6 Å². The molecule has 0 unspecified atom stereocenters. The largest absolute Gasteiger partial charge is 0.264 e. The van der Waals surface area contributed by atoms with Crippen molar-refractivity contribution in [2.24, 2.45) is 0 Å². The monoisotopic (exact) mass is 1840 g/mol. The number of rotatable bonds is 17. The van der Waals surface area contributed by atoms with E-state index in [-0.39, 0.29) is 0 Å². The maximum absolute atomic E-state index is 5.12. The van der Waals surface area contributed by atoms with Gasteiger partial charge in [-0.3, -0.25) is 15.0 Å². The van der Waals surface area contributed by atoms with Gasteiger partial charge in [0.2, 0.25) is 0 Å². The van der Waals surface area contributed by atoms with Crippen LogP contribution in [0.1, 0.15) is 0 Å². The summed E-state index contributed by atoms with van der Waals surface area (Å²) in [5.74, 6) is 5.66. The molecule has 26 aromatic rings. The Balaban J connectivity index is 0.000000117. The van der Waals surface area contributed by atoms with Crippen LogP contribution in [-0.2, 0) is 0 Å². The van der Waals surface area contributed by atoms with Gasteiger partial charge in [0.15, 0.2) is 52.4 Å². The first-order valence-corrected chi connectivity index (χ1v) is 48.1. The van der Waals surface area contributed by atoms with Crippen LogP contribution in [0, 0.1) is 0 Å². The Bertz CT molecular complexity index is 9040. The van der Waals surface area contributed by atoms with Crippen LogP contribution in [0.3, 0.4) is 0 Å². The van der Waals surface area contributed by atoms with E-state index in [0.29, 0.717) is 52.4 Å². The lowest BCUT2D eigenvalue weighted by Gasteiger charge is -2.15. The topological polar surface area (TPSA) is 155 Å². The van der Waals surface area contributed by atoms with Crippen LogP contribution in [0.15, 0.2) is 522 Å². The summed E-state index contributed by atoms with van der Waals surface area (Å²) < 4.78 is 0. The Kier molecular flexibility index (Phi) is 23.9. The molecule has 0 radical (unpaired) electrons. The Morgan fingerprint density at radius 2 is 0.333 bits per heavy atom. The number of hydrogen-bond acceptors (Lipinski definition) is 12. The van der Waals surface area contributed by atoms with Crippen LogP contribution in [0.2, 0.25) is 0 Å². The van der Waals surface area contributed by atoms with Crippen molar-refractivity contribution < 1.29 is 0 Å². The van der Waals surface area contributed by atoms with Crippen LogP contribution >= 0.6 is 0 Å². The standard InChI is InChI=1S/2C46H30N4.C40H26N4/c1-4-14-31(15-5-1)43-25-24-35(30-47-43)36-26-37(42-29-34-20-10-11-21-39(34)40-22-12-13-23-41(40)42)28-38(27-36)46-49-44(32-16-6-2-7-17-32)48-45(50-46)33-18-8-3-9-19-33;1-3-13-31(14-4-1)44-48-45(32-15-5-2-6-16-32)50-46(49-44)39-27-37(34-19-11-18-33(25-34)36-20-12-24-47-30-36)26-38(28-39)43-29-35-17-7-8-21-40(35)41-22-9-10-23-42(41)43;1-3-12-27(13-4-1)38-42-39(28-14-5-2-6-15-28)44-40(43-38)33-23-31(30-17-11-21-41-26-30)22-32(24-33)37-25-29-16-7-8-18-34(29)35-19-9-10-20-36(35)37/h2*1-30H;1-26H. The first-order valence-electron chi connectivity index (χ1n) is 48.1. The lowest BCUT2D eigenvalue weighted by Crippen LogP contribution is -2.00. The van der Waals surface area contributed by atoms with Crippen molar-refractivity contribution in [1.82, 2.24) is 59.8 Å². The normalized spacial score (nSPS) is 11.2. The van der Waals surface area contributed by atoms with E-state index < -0.39 is 0 Å². The summed E-state index contributed by atoms with van der Waals surface area (Å²) in [7, 11) is 0. The summed E-state index contributed by atoms with van der Waals surface area (Å²) in [6.45, 7) is 0. The van der Waals surface area contributed by atoms with Crippen molar-refractivity contribution in [3.05, 3.63) is 522 Å². The predicted octanol–water partition coefficient (Wildman–Crippen LogP) is 33.1. The SMILES string of the molecule is c1ccc(-c2ccc(-c3cc(-c4nc(-c5ccccc5)nc(-c5ccccc5)n4)cc(-c4cc5ccccc5c5ccccc45)c3)cn2)cc1.c1ccc(-c2nc(-c3ccccc3)nc(-c3cc(-c4cccc(-c5cccnc5)c4)cc(-c4cc5ccccc5c5ccccc45)c3)n2)cc1.c1ccc(-c2nc(-c3ccccc3)nc(-c3cc(-c4cccnc4)cc(-c4cc5ccccc5c5ccccc45)c3)n2)cc1. The average Bonchev–Trinajstić information content (AvgIpc) is 0.758. The molecule has 0 aliphatic heterocycles. The third-order valence-electron chi connectivity index (χ3n) is 26.3. The van der Waals surface area contributed by atoms with E-state index in [1.807, 2.05) is 231 Å². The molecule has 26 rings (SSSR count). The number of pyridine rings is 3. The smallest absolute Gasteiger partial charge is 0.164 e. The molecule has 0 fully saturated rings. The van der Waals surface area contributed by atoms with Crippen LogP contribution in [0.4, 0.5) is 0 Å². The van der Waals surface area contributed by atoms with Crippen LogP contribution in [-0.4, -0.2) is 59.8 Å². The molecule has 0 saturated heterocycles. The molecule has 0 atom stereocenters. The van der Waals surface area contributed by atoms with Gasteiger partial charge < -0.3 is 0 Å². The quantitative estimate of drug-likeness (QED) is 0.0797. The van der Waals surface area contributed by atoms with Gasteiger partial charge in [-0.1, -0.05) is 394 Å². The lowest BCUT2D eigenvalue weighted by atomic mass is 9.90. The molecule has 0 aliphatic carbocycles. The van der Waals surface area contributed by atoms with Crippen LogP contribution in [0.5, 0.6) is 0 Å². The van der Waals surface area contributed by atoms with E-state index in [9.17, 15) is 0 Å². The van der Waals surface area contributed by atoms with Gasteiger partial charge in [-0.25, -0.2) is 44.9 Å². The van der Waals surface area contributed by atoms with E-state index in [1.54, 1.807) is 12.4 Å². The van der Waals surface area contributed by atoms with E-state index >= 15 is 0 Å². The Labute approximate surface area is 832 Å². The second kappa shape index (κ2) is 39.5. The molecule has 0 amide bonds. The van der Waals surface area contributed by atoms with Crippen LogP contribution in [0.25, 0.3) is 256 Å². The summed E-state index contributed by atoms with van der Waals surface area (Å²) in [6.07, 6.45) is 9.37. The molecule has 674 valence electrons. The molecular formula is C132H86N12. The minimum absolute atomic E-state index is 0.611. The number of hydrogen-bond donors (Lipinski definition) is 0. The first-order chi connectivity index (χ1) is 71.3. The average molecular weight is 1840 g/mol. The molecular weight excluding hydrogens is 1750 g/mol. The van der Waals surface area contributed by atoms with Gasteiger partial charge in [0.1, 0.15) is 0 Å². The van der Waals surface area contributed by atoms with Gasteiger partial charge in [0, 0.05) is 103 Å². The highest BCUT2D eigenvalue weighted by Crippen LogP contribution is 2.45. The molecule has 0 bridgehead atoms. The first kappa shape index (κ1) is 87.2. The van der Waals surface area contributed by atoms with Crippen molar-refractivity contribution in [3.63, 3.8) is 0 Å². The molecule has 0 spiro atoms. The Hall–Kier alpha value is -19.6. The summed E-state index contributed by atoms with van der Waals surface area (Å²) in [5, 5.41) is 14.6. The maximum Gasteiger partial charge on any atom is 0.164 e. The van der Waals surface area contributed by atoms with E-state index in [4.69, 9.17) is 49.8 Å². The minimum Gasteiger partial charge on any atom is -0.264 e. The lowest BCUT2D eigenvalue weighted by molar-refractivity contribution is 1.07. The molecule has 0 saturated carbocycles. The summed E-state index contributed by atoms with van der Waals surface area (Å²) in [6, 6.07) is 170. The van der Waals surface area contributed by atoms with Gasteiger partial charge in [-0.15, -0.1) is 0 Å². The molecule has 144 heavy (non-hydrogen) atoms. The van der Waals surface area contributed by atoms with Crippen molar-refractivity contribution in [1.29, 1.82) is 0 Å². The van der Waals surface area contributed by atoms with Crippen LogP contribution < -0.4 is 0 Å². The highest BCUT2D eigenvalue weighted by atomic mass is 15.1. The number of benzene rings is 20. The number of aromatic nitrogens is 12. The highest BCUT2D eigenvalue weighted by molar-refractivity contribution is 6.17. The summed E-state index contributed by atoms with van der Waals surface area (Å²) in [4.78, 5) is 59.0. The highest BCUT2D eigenvalue weighted by Gasteiger charge is 2.24. The Morgan fingerprint density at radius 3 is 0.625 bits per heavy atom. The second-order valence-electron chi connectivity index (χ2n) is 35.4. The van der Waals surface area contributed by atoms with Gasteiger partial charge >= 0.3 is 0 Å². The number of fused-ring (bicyclic) bond motifs is 9. The summed E-state index contributed by atoms with van der Waals surface area (Å²) in [5.41, 5.74) is 25.6. The van der Waals surface area contributed by atoms with Gasteiger partial charge in [0.05, 0.1) is 5.69 Å². The molecule has 6 heterocycles. The fourth-order valence-corrected chi connectivity index (χ4v) is 19.2. The van der Waals surface area contributed by atoms with Crippen molar-refractivity contribution in [2.75, 3.05) is 0 Å². The molecule has 12 heteroatoms. The second-order valence-corrected chi connectivity index (χ2v) is 35.4. The van der Waals surface area contributed by atoms with Gasteiger partial charge in [0.25, 0.3) is 0 Å². The number of nitrogens with zero attached hydrogens (tertiary/aromatic N) is 12. The molecule has 12 nitrogen and oxygen atoms in total. The molecule has 20 aromatic carbocycles. The third kappa shape index (κ3) is 18.3. The molecule has 0 aliphatic rings. The maximum atomic E-state index is 5.12. The zero-order valence-electron chi connectivity index (χ0n) is 78.0. The fourth-order valence-electron chi connectivity index (χ4n) is 19.2. The zero-order valence-corrected chi connectivity index (χ0v) is 78.0. The fraction of sp³-hybridized carbons (Fsp3) is 0. The van der Waals surface area contributed by atoms with Gasteiger partial charge in [-0.2, -0.15) is 0 Å². The van der Waals surface area contributed by atoms with E-state index in [0.717, 1.165) is 139 Å². The van der Waals surface area contributed by atoms with Crippen molar-refractivity contribution in [2.45, 2.75) is 0 Å². The van der Waals surface area contributed by atoms with E-state index in [2.05, 4.69) is 289 Å². The van der Waals surface area contributed by atoms with Crippen molar-refractivity contribution >= 4 is 64.6 Å². The third-order valence-corrected chi connectivity index (χ3v) is 26.3. The molecule has 0 N–H and O–H groups in total. The Morgan fingerprint density at radius 1 is 0.118 bits per heavy atom. The summed E-state index contributed by atoms with van der Waals surface area (Å²) >= 11 is 0. The predicted molar refractivity (Wildman–Crippen MR) is 590 cm³/mol. The zero-order chi connectivity index (χ0) is 95.9. The van der Waals surface area contributed by atoms with Crippen molar-refractivity contribution in [3.8, 4) is 192 Å². The minimum atomic E-state index is 0.611. The van der Waals surface area contributed by atoms with Gasteiger partial charge in [-0.05, 0) is 223 Å². The molecule has 6 aromatic heterocycles.